The number of ketones is 1. The van der Waals surface area contributed by atoms with E-state index in [0.717, 1.165) is 30.5 Å². The van der Waals surface area contributed by atoms with Crippen LogP contribution in [0.5, 0.6) is 0 Å². The van der Waals surface area contributed by atoms with Gasteiger partial charge < -0.3 is 21.3 Å². The lowest BCUT2D eigenvalue weighted by molar-refractivity contribution is -0.113. The van der Waals surface area contributed by atoms with Gasteiger partial charge >= 0.3 is 0 Å². The van der Waals surface area contributed by atoms with Crippen LogP contribution in [0.2, 0.25) is 0 Å². The predicted molar refractivity (Wildman–Crippen MR) is 110 cm³/mol. The maximum Gasteiger partial charge on any atom is 0.209 e. The third kappa shape index (κ3) is 6.09. The van der Waals surface area contributed by atoms with Gasteiger partial charge in [-0.2, -0.15) is 0 Å². The molecular formula is C20H30N6O2. The van der Waals surface area contributed by atoms with Gasteiger partial charge in [0.25, 0.3) is 0 Å². The molecule has 2 rings (SSSR count). The zero-order chi connectivity index (χ0) is 20.5. The first-order valence-corrected chi connectivity index (χ1v) is 9.50. The van der Waals surface area contributed by atoms with Crippen LogP contribution in [0.4, 0.5) is 5.69 Å². The van der Waals surface area contributed by atoms with Gasteiger partial charge in [-0.3, -0.25) is 19.9 Å². The topological polar surface area (TPSA) is 112 Å². The Morgan fingerprint density at radius 2 is 2.18 bits per heavy atom. The zero-order valence-corrected chi connectivity index (χ0v) is 16.7. The Kier molecular flexibility index (Phi) is 8.01. The number of nitrogens with one attached hydrogen (secondary N) is 3. The lowest BCUT2D eigenvalue weighted by Gasteiger charge is -2.28. The number of nitrogens with two attached hydrogens (primary N) is 1. The van der Waals surface area contributed by atoms with Crippen LogP contribution < -0.4 is 26.6 Å². The number of carbonyl (C=O) groups excluding carboxylic acids is 2. The Hall–Kier alpha value is -2.87. The van der Waals surface area contributed by atoms with Gasteiger partial charge in [0.15, 0.2) is 6.29 Å². The standard InChI is InChI=1S/C20H30N6O2/c1-4-5-6-15-8-18(19(28)9-17(15)21)25-20(24-13-27)23-12-26(3)16-7-14(2)10-22-11-16/h7-11,13,15,20,23,25H,4-6,12,21H2,1-3H3,(H,24,27). The Balaban J connectivity index is 2.01. The van der Waals surface area contributed by atoms with Gasteiger partial charge in [-0.25, -0.2) is 0 Å². The zero-order valence-electron chi connectivity index (χ0n) is 16.7. The van der Waals surface area contributed by atoms with E-state index in [1.807, 2.05) is 31.0 Å². The van der Waals surface area contributed by atoms with Crippen LogP contribution in [-0.4, -0.2) is 37.2 Å². The monoisotopic (exact) mass is 386 g/mol. The van der Waals surface area contributed by atoms with Crippen molar-refractivity contribution in [3.63, 3.8) is 0 Å². The molecule has 1 heterocycles. The Morgan fingerprint density at radius 3 is 2.86 bits per heavy atom. The number of carbonyl (C=O) groups is 2. The molecule has 152 valence electrons. The molecule has 0 saturated heterocycles. The van der Waals surface area contributed by atoms with Crippen molar-refractivity contribution in [2.45, 2.75) is 39.4 Å². The SMILES string of the molecule is CCCCC1C=C(NC(NC=O)NCN(C)c2cncc(C)c2)C(=O)C=C1N. The van der Waals surface area contributed by atoms with E-state index in [-0.39, 0.29) is 11.7 Å². The van der Waals surface area contributed by atoms with Crippen LogP contribution >= 0.6 is 0 Å². The normalized spacial score (nSPS) is 17.4. The fraction of sp³-hybridized carbons (Fsp3) is 0.450. The van der Waals surface area contributed by atoms with Gasteiger partial charge in [0.1, 0.15) is 0 Å². The minimum atomic E-state index is -0.604. The second kappa shape index (κ2) is 10.5. The molecule has 8 heteroatoms. The summed E-state index contributed by atoms with van der Waals surface area (Å²) in [4.78, 5) is 29.5. The summed E-state index contributed by atoms with van der Waals surface area (Å²) in [7, 11) is 1.91. The van der Waals surface area contributed by atoms with Crippen molar-refractivity contribution in [1.29, 1.82) is 0 Å². The number of rotatable bonds is 11. The van der Waals surface area contributed by atoms with Crippen molar-refractivity contribution in [2.75, 3.05) is 18.6 Å². The molecule has 1 aliphatic carbocycles. The van der Waals surface area contributed by atoms with E-state index in [1.165, 1.54) is 6.08 Å². The van der Waals surface area contributed by atoms with E-state index in [1.54, 1.807) is 12.4 Å². The number of nitrogens with zero attached hydrogens (tertiary/aromatic N) is 2. The van der Waals surface area contributed by atoms with Crippen LogP contribution in [0.25, 0.3) is 0 Å². The molecule has 28 heavy (non-hydrogen) atoms. The average Bonchev–Trinajstić information content (AvgIpc) is 2.67. The van der Waals surface area contributed by atoms with E-state index in [4.69, 9.17) is 5.73 Å². The highest BCUT2D eigenvalue weighted by molar-refractivity contribution is 6.05. The molecule has 1 amide bonds. The van der Waals surface area contributed by atoms with Crippen LogP contribution in [0.15, 0.2) is 42.0 Å². The molecule has 0 bridgehead atoms. The van der Waals surface area contributed by atoms with Crippen LogP contribution in [0.1, 0.15) is 31.7 Å². The van der Waals surface area contributed by atoms with Crippen molar-refractivity contribution < 1.29 is 9.59 Å². The first-order valence-electron chi connectivity index (χ1n) is 9.50. The second-order valence-electron chi connectivity index (χ2n) is 6.98. The van der Waals surface area contributed by atoms with E-state index in [9.17, 15) is 9.59 Å². The quantitative estimate of drug-likeness (QED) is 0.333. The van der Waals surface area contributed by atoms with Gasteiger partial charge in [0.2, 0.25) is 12.2 Å². The van der Waals surface area contributed by atoms with Gasteiger partial charge in [0, 0.05) is 30.9 Å². The average molecular weight is 387 g/mol. The maximum absolute atomic E-state index is 12.3. The summed E-state index contributed by atoms with van der Waals surface area (Å²) in [5.41, 5.74) is 9.03. The van der Waals surface area contributed by atoms with E-state index >= 15 is 0 Å². The maximum atomic E-state index is 12.3. The lowest BCUT2D eigenvalue weighted by atomic mass is 9.92. The third-order valence-electron chi connectivity index (χ3n) is 4.60. The van der Waals surface area contributed by atoms with E-state index in [2.05, 4.69) is 27.9 Å². The molecular weight excluding hydrogens is 356 g/mol. The first-order chi connectivity index (χ1) is 13.4. The largest absolute Gasteiger partial charge is 0.401 e. The lowest BCUT2D eigenvalue weighted by Crippen LogP contribution is -2.55. The van der Waals surface area contributed by atoms with E-state index < -0.39 is 6.29 Å². The number of amides is 1. The summed E-state index contributed by atoms with van der Waals surface area (Å²) in [6, 6.07) is 2.02. The molecule has 8 nitrogen and oxygen atoms in total. The number of pyridine rings is 1. The molecule has 0 aliphatic heterocycles. The van der Waals surface area contributed by atoms with Gasteiger partial charge in [-0.15, -0.1) is 0 Å². The summed E-state index contributed by atoms with van der Waals surface area (Å²) in [6.07, 6.45) is 9.83. The molecule has 1 aliphatic rings. The molecule has 2 unspecified atom stereocenters. The molecule has 1 aromatic rings. The second-order valence-corrected chi connectivity index (χ2v) is 6.98. The van der Waals surface area contributed by atoms with Gasteiger partial charge in [0.05, 0.1) is 24.2 Å². The highest BCUT2D eigenvalue weighted by Crippen LogP contribution is 2.22. The minimum absolute atomic E-state index is 0.0260. The van der Waals surface area contributed by atoms with Crippen molar-refractivity contribution in [3.05, 3.63) is 47.6 Å². The number of aryl methyl sites for hydroxylation is 1. The highest BCUT2D eigenvalue weighted by Gasteiger charge is 2.22. The molecule has 0 radical (unpaired) electrons. The summed E-state index contributed by atoms with van der Waals surface area (Å²) in [6.45, 7) is 4.53. The number of aromatic nitrogens is 1. The number of anilines is 1. The highest BCUT2D eigenvalue weighted by atomic mass is 16.1. The smallest absolute Gasteiger partial charge is 0.209 e. The first kappa shape index (κ1) is 21.4. The summed E-state index contributed by atoms with van der Waals surface area (Å²) < 4.78 is 0. The Bertz CT molecular complexity index is 746. The number of allylic oxidation sites excluding steroid dienone is 2. The van der Waals surface area contributed by atoms with Crippen molar-refractivity contribution in [1.82, 2.24) is 20.9 Å². The van der Waals surface area contributed by atoms with Crippen LogP contribution in [-0.2, 0) is 9.59 Å². The Labute approximate surface area is 166 Å². The van der Waals surface area contributed by atoms with Gasteiger partial charge in [-0.1, -0.05) is 19.8 Å². The predicted octanol–water partition coefficient (Wildman–Crippen LogP) is 1.11. The van der Waals surface area contributed by atoms with Crippen LogP contribution in [0, 0.1) is 12.8 Å². The van der Waals surface area contributed by atoms with Crippen molar-refractivity contribution >= 4 is 17.9 Å². The minimum Gasteiger partial charge on any atom is -0.401 e. The fourth-order valence-electron chi connectivity index (χ4n) is 2.95. The number of unbranched alkanes of at least 4 members (excludes halogenated alkanes) is 1. The fourth-order valence-corrected chi connectivity index (χ4v) is 2.95. The molecule has 1 aromatic heterocycles. The molecule has 2 atom stereocenters. The van der Waals surface area contributed by atoms with E-state index in [0.29, 0.717) is 24.5 Å². The molecule has 0 aromatic carbocycles. The molecule has 5 N–H and O–H groups in total. The van der Waals surface area contributed by atoms with Crippen molar-refractivity contribution in [2.24, 2.45) is 11.7 Å². The summed E-state index contributed by atoms with van der Waals surface area (Å²) in [5.74, 6) is -0.168. The molecule has 0 fully saturated rings. The van der Waals surface area contributed by atoms with Crippen molar-refractivity contribution in [3.8, 4) is 0 Å². The number of hydrogen-bond donors (Lipinski definition) is 4. The summed E-state index contributed by atoms with van der Waals surface area (Å²) >= 11 is 0. The molecule has 0 saturated carbocycles. The van der Waals surface area contributed by atoms with Crippen LogP contribution in [0.3, 0.4) is 0 Å². The number of hydrogen-bond acceptors (Lipinski definition) is 7. The van der Waals surface area contributed by atoms with Gasteiger partial charge in [-0.05, 0) is 31.1 Å². The third-order valence-corrected chi connectivity index (χ3v) is 4.60. The Morgan fingerprint density at radius 1 is 1.39 bits per heavy atom. The summed E-state index contributed by atoms with van der Waals surface area (Å²) in [5, 5.41) is 8.89. The molecule has 0 spiro atoms.